The number of aromatic nitrogens is 2. The molecule has 0 saturated carbocycles. The van der Waals surface area contributed by atoms with E-state index < -0.39 is 0 Å². The average molecular weight is 250 g/mol. The third-order valence-electron chi connectivity index (χ3n) is 3.80. The first kappa shape index (κ1) is 11.7. The van der Waals surface area contributed by atoms with Gasteiger partial charge in [-0.25, -0.2) is 0 Å². The van der Waals surface area contributed by atoms with Gasteiger partial charge >= 0.3 is 0 Å². The normalized spacial score (nSPS) is 21.6. The van der Waals surface area contributed by atoms with Gasteiger partial charge in [0, 0.05) is 7.05 Å². The number of hydrogen-bond donors (Lipinski definition) is 2. The van der Waals surface area contributed by atoms with Crippen molar-refractivity contribution >= 4 is 5.91 Å². The molecule has 0 bridgehead atoms. The molecule has 3 rings (SSSR count). The van der Waals surface area contributed by atoms with Crippen molar-refractivity contribution in [3.63, 3.8) is 0 Å². The second kappa shape index (κ2) is 4.37. The Bertz CT molecular complexity index is 463. The molecule has 1 fully saturated rings. The Kier molecular flexibility index (Phi) is 2.83. The second-order valence-electron chi connectivity index (χ2n) is 4.98. The number of fused-ring (bicyclic) bond motifs is 1. The topological polar surface area (TPSA) is 68.2 Å². The Labute approximate surface area is 106 Å². The van der Waals surface area contributed by atoms with E-state index >= 15 is 0 Å². The van der Waals surface area contributed by atoms with Crippen LogP contribution < -0.4 is 10.6 Å². The maximum atomic E-state index is 11.6. The van der Waals surface area contributed by atoms with Gasteiger partial charge in [0.1, 0.15) is 0 Å². The molecule has 0 radical (unpaired) electrons. The summed E-state index contributed by atoms with van der Waals surface area (Å²) in [6.07, 6.45) is 2.00. The van der Waals surface area contributed by atoms with Gasteiger partial charge in [-0.05, 0) is 32.0 Å². The van der Waals surface area contributed by atoms with Crippen molar-refractivity contribution in [2.75, 3.05) is 20.1 Å². The van der Waals surface area contributed by atoms with Crippen LogP contribution in [0.1, 0.15) is 29.0 Å². The molecule has 1 aromatic rings. The molecular formula is C12H18N4O2. The minimum absolute atomic E-state index is 0.0930. The maximum absolute atomic E-state index is 11.6. The largest absolute Gasteiger partial charge is 0.367 e. The van der Waals surface area contributed by atoms with Gasteiger partial charge in [0.05, 0.1) is 24.4 Å². The quantitative estimate of drug-likeness (QED) is 0.730. The SMILES string of the molecule is CNC(=O)c1cc2n(n1)CC1(CCNCC1)OC2. The summed E-state index contributed by atoms with van der Waals surface area (Å²) < 4.78 is 7.96. The molecule has 6 nitrogen and oxygen atoms in total. The van der Waals surface area contributed by atoms with Gasteiger partial charge in [-0.1, -0.05) is 0 Å². The van der Waals surface area contributed by atoms with Crippen LogP contribution in [0.3, 0.4) is 0 Å². The highest BCUT2D eigenvalue weighted by atomic mass is 16.5. The standard InChI is InChI=1S/C12H18N4O2/c1-13-11(17)10-6-9-7-18-12(8-16(9)15-10)2-4-14-5-3-12/h6,14H,2-5,7-8H2,1H3,(H,13,17). The minimum Gasteiger partial charge on any atom is -0.367 e. The van der Waals surface area contributed by atoms with Gasteiger partial charge in [-0.2, -0.15) is 5.10 Å². The maximum Gasteiger partial charge on any atom is 0.271 e. The number of carbonyl (C=O) groups excluding carboxylic acids is 1. The van der Waals surface area contributed by atoms with E-state index in [0.29, 0.717) is 12.3 Å². The van der Waals surface area contributed by atoms with Gasteiger partial charge in [0.25, 0.3) is 5.91 Å². The first-order chi connectivity index (χ1) is 8.72. The number of ether oxygens (including phenoxy) is 1. The molecule has 0 aliphatic carbocycles. The van der Waals surface area contributed by atoms with Crippen molar-refractivity contribution in [3.8, 4) is 0 Å². The van der Waals surface area contributed by atoms with Crippen LogP contribution in [0.4, 0.5) is 0 Å². The molecule has 0 unspecified atom stereocenters. The molecule has 0 atom stereocenters. The van der Waals surface area contributed by atoms with E-state index in [2.05, 4.69) is 15.7 Å². The number of piperidine rings is 1. The number of nitrogens with zero attached hydrogens (tertiary/aromatic N) is 2. The summed E-state index contributed by atoms with van der Waals surface area (Å²) in [6, 6.07) is 1.81. The van der Waals surface area contributed by atoms with Crippen molar-refractivity contribution < 1.29 is 9.53 Å². The summed E-state index contributed by atoms with van der Waals surface area (Å²) in [4.78, 5) is 11.6. The van der Waals surface area contributed by atoms with Gasteiger partial charge in [-0.3, -0.25) is 9.48 Å². The number of nitrogens with one attached hydrogen (secondary N) is 2. The highest BCUT2D eigenvalue weighted by Crippen LogP contribution is 2.31. The van der Waals surface area contributed by atoms with Crippen molar-refractivity contribution in [1.82, 2.24) is 20.4 Å². The Hall–Kier alpha value is -1.40. The highest BCUT2D eigenvalue weighted by molar-refractivity contribution is 5.92. The second-order valence-corrected chi connectivity index (χ2v) is 4.98. The smallest absolute Gasteiger partial charge is 0.271 e. The summed E-state index contributed by atoms with van der Waals surface area (Å²) in [6.45, 7) is 3.27. The zero-order chi connectivity index (χ0) is 12.6. The van der Waals surface area contributed by atoms with E-state index in [1.54, 1.807) is 7.05 Å². The van der Waals surface area contributed by atoms with Gasteiger partial charge in [0.2, 0.25) is 0 Å². The van der Waals surface area contributed by atoms with Crippen LogP contribution in [-0.4, -0.2) is 41.4 Å². The molecule has 1 aromatic heterocycles. The van der Waals surface area contributed by atoms with E-state index in [0.717, 1.165) is 38.2 Å². The predicted octanol–water partition coefficient (Wildman–Crippen LogP) is -0.105. The molecule has 3 heterocycles. The molecule has 6 heteroatoms. The van der Waals surface area contributed by atoms with Crippen LogP contribution in [0.25, 0.3) is 0 Å². The van der Waals surface area contributed by atoms with Gasteiger partial charge in [0.15, 0.2) is 5.69 Å². The van der Waals surface area contributed by atoms with Crippen LogP contribution in [-0.2, 0) is 17.9 Å². The van der Waals surface area contributed by atoms with E-state index in [4.69, 9.17) is 4.74 Å². The molecular weight excluding hydrogens is 232 g/mol. The third kappa shape index (κ3) is 1.91. The minimum atomic E-state index is -0.142. The summed E-state index contributed by atoms with van der Waals surface area (Å²) in [5.41, 5.74) is 1.37. The van der Waals surface area contributed by atoms with Crippen molar-refractivity contribution in [2.45, 2.75) is 31.6 Å². The van der Waals surface area contributed by atoms with Crippen molar-refractivity contribution in [2.24, 2.45) is 0 Å². The first-order valence-electron chi connectivity index (χ1n) is 6.36. The van der Waals surface area contributed by atoms with Crippen LogP contribution in [0.2, 0.25) is 0 Å². The Balaban J connectivity index is 1.84. The van der Waals surface area contributed by atoms with Crippen LogP contribution >= 0.6 is 0 Å². The number of hydrogen-bond acceptors (Lipinski definition) is 4. The fourth-order valence-electron chi connectivity index (χ4n) is 2.68. The fourth-order valence-corrected chi connectivity index (χ4v) is 2.68. The molecule has 2 aliphatic heterocycles. The van der Waals surface area contributed by atoms with Crippen LogP contribution in [0.15, 0.2) is 6.07 Å². The summed E-state index contributed by atoms with van der Waals surface area (Å²) in [5, 5.41) is 10.3. The Morgan fingerprint density at radius 3 is 3.06 bits per heavy atom. The Morgan fingerprint density at radius 2 is 2.33 bits per heavy atom. The molecule has 1 saturated heterocycles. The van der Waals surface area contributed by atoms with Gasteiger partial charge in [-0.15, -0.1) is 0 Å². The number of amides is 1. The van der Waals surface area contributed by atoms with E-state index in [9.17, 15) is 4.79 Å². The first-order valence-corrected chi connectivity index (χ1v) is 6.36. The monoisotopic (exact) mass is 250 g/mol. The van der Waals surface area contributed by atoms with Crippen molar-refractivity contribution in [1.29, 1.82) is 0 Å². The lowest BCUT2D eigenvalue weighted by Crippen LogP contribution is -2.49. The number of rotatable bonds is 1. The van der Waals surface area contributed by atoms with Crippen molar-refractivity contribution in [3.05, 3.63) is 17.5 Å². The molecule has 1 spiro atoms. The zero-order valence-electron chi connectivity index (χ0n) is 10.5. The molecule has 98 valence electrons. The molecule has 2 N–H and O–H groups in total. The lowest BCUT2D eigenvalue weighted by atomic mass is 9.91. The Morgan fingerprint density at radius 1 is 1.56 bits per heavy atom. The van der Waals surface area contributed by atoms with Crippen LogP contribution in [0.5, 0.6) is 0 Å². The van der Waals surface area contributed by atoms with E-state index in [1.807, 2.05) is 10.7 Å². The average Bonchev–Trinajstić information content (AvgIpc) is 2.81. The lowest BCUT2D eigenvalue weighted by molar-refractivity contribution is -0.109. The lowest BCUT2D eigenvalue weighted by Gasteiger charge is -2.40. The molecule has 2 aliphatic rings. The predicted molar refractivity (Wildman–Crippen MR) is 65.2 cm³/mol. The van der Waals surface area contributed by atoms with E-state index in [-0.39, 0.29) is 11.5 Å². The summed E-state index contributed by atoms with van der Waals surface area (Å²) in [7, 11) is 1.62. The summed E-state index contributed by atoms with van der Waals surface area (Å²) >= 11 is 0. The van der Waals surface area contributed by atoms with Crippen LogP contribution in [0, 0.1) is 0 Å². The third-order valence-corrected chi connectivity index (χ3v) is 3.80. The fraction of sp³-hybridized carbons (Fsp3) is 0.667. The molecule has 1 amide bonds. The highest BCUT2D eigenvalue weighted by Gasteiger charge is 2.37. The molecule has 0 aromatic carbocycles. The molecule has 18 heavy (non-hydrogen) atoms. The number of carbonyl (C=O) groups is 1. The van der Waals surface area contributed by atoms with Gasteiger partial charge < -0.3 is 15.4 Å². The summed E-state index contributed by atoms with van der Waals surface area (Å²) in [5.74, 6) is -0.142. The zero-order valence-corrected chi connectivity index (χ0v) is 10.5. The van der Waals surface area contributed by atoms with E-state index in [1.165, 1.54) is 0 Å².